The van der Waals surface area contributed by atoms with Gasteiger partial charge in [-0.2, -0.15) is 0 Å². The van der Waals surface area contributed by atoms with E-state index in [0.29, 0.717) is 0 Å². The Bertz CT molecular complexity index is 886. The van der Waals surface area contributed by atoms with E-state index in [0.717, 1.165) is 38.4 Å². The van der Waals surface area contributed by atoms with Crippen molar-refractivity contribution in [3.63, 3.8) is 0 Å². The summed E-state index contributed by atoms with van der Waals surface area (Å²) in [6.07, 6.45) is -2.06. The average molecular weight is 434 g/mol. The van der Waals surface area contributed by atoms with Crippen molar-refractivity contribution in [1.29, 1.82) is 0 Å². The van der Waals surface area contributed by atoms with E-state index < -0.39 is 18.0 Å². The Morgan fingerprint density at radius 1 is 1.03 bits per heavy atom. The van der Waals surface area contributed by atoms with Crippen molar-refractivity contribution < 1.29 is 22.7 Å². The van der Waals surface area contributed by atoms with Crippen LogP contribution in [0.2, 0.25) is 0 Å². The molecular weight excluding hydrogens is 409 g/mol. The maximum Gasteiger partial charge on any atom is 0.573 e. The van der Waals surface area contributed by atoms with E-state index in [1.807, 2.05) is 18.2 Å². The summed E-state index contributed by atoms with van der Waals surface area (Å²) in [5, 5.41) is 2.93. The van der Waals surface area contributed by atoms with Gasteiger partial charge >= 0.3 is 6.36 Å². The van der Waals surface area contributed by atoms with E-state index in [-0.39, 0.29) is 23.8 Å². The predicted octanol–water partition coefficient (Wildman–Crippen LogP) is 3.34. The highest BCUT2D eigenvalue weighted by Gasteiger charge is 2.33. The second-order valence-corrected chi connectivity index (χ2v) is 7.86. The van der Waals surface area contributed by atoms with Gasteiger partial charge in [0.2, 0.25) is 0 Å². The standard InChI is InChI=1S/C22H25F3N4O2/c23-22(24,25)31-18-8-4-7-16(13-18)21(30)26-17-9-11-29(12-10-17)20-14-19(27-28-20)15-5-2-1-3-6-15/h1-8,13,17,19-20,27-28H,9-12,14H2,(H,26,30). The number of alkyl halides is 3. The highest BCUT2D eigenvalue weighted by atomic mass is 19.4. The predicted molar refractivity (Wildman–Crippen MR) is 109 cm³/mol. The van der Waals surface area contributed by atoms with E-state index in [1.54, 1.807) is 0 Å². The molecule has 3 N–H and O–H groups in total. The molecule has 2 unspecified atom stereocenters. The fourth-order valence-corrected chi connectivity index (χ4v) is 4.14. The summed E-state index contributed by atoms with van der Waals surface area (Å²) in [6, 6.07) is 15.7. The zero-order chi connectivity index (χ0) is 21.8. The van der Waals surface area contributed by atoms with Crippen molar-refractivity contribution in [2.75, 3.05) is 13.1 Å². The van der Waals surface area contributed by atoms with Gasteiger partial charge in [0.1, 0.15) is 5.75 Å². The zero-order valence-electron chi connectivity index (χ0n) is 16.9. The molecule has 0 aliphatic carbocycles. The van der Waals surface area contributed by atoms with Crippen molar-refractivity contribution in [3.05, 3.63) is 65.7 Å². The fraction of sp³-hybridized carbons (Fsp3) is 0.409. The van der Waals surface area contributed by atoms with E-state index in [2.05, 4.69) is 37.9 Å². The topological polar surface area (TPSA) is 65.6 Å². The van der Waals surface area contributed by atoms with Crippen LogP contribution in [-0.2, 0) is 0 Å². The Balaban J connectivity index is 1.26. The molecule has 2 aliphatic rings. The van der Waals surface area contributed by atoms with Crippen molar-refractivity contribution in [1.82, 2.24) is 21.1 Å². The molecule has 2 saturated heterocycles. The highest BCUT2D eigenvalue weighted by molar-refractivity contribution is 5.94. The summed E-state index contributed by atoms with van der Waals surface area (Å²) >= 11 is 0. The number of nitrogens with one attached hydrogen (secondary N) is 3. The SMILES string of the molecule is O=C(NC1CCN(C2CC(c3ccccc3)NN2)CC1)c1cccc(OC(F)(F)F)c1. The van der Waals surface area contributed by atoms with Crippen LogP contribution in [0.5, 0.6) is 5.75 Å². The molecule has 0 saturated carbocycles. The number of piperidine rings is 1. The van der Waals surface area contributed by atoms with Gasteiger partial charge in [-0.15, -0.1) is 13.2 Å². The highest BCUT2D eigenvalue weighted by Crippen LogP contribution is 2.26. The molecule has 0 radical (unpaired) electrons. The molecule has 9 heteroatoms. The quantitative estimate of drug-likeness (QED) is 0.674. The number of carbonyl (C=O) groups excluding carboxylic acids is 1. The van der Waals surface area contributed by atoms with Gasteiger partial charge in [-0.1, -0.05) is 36.4 Å². The van der Waals surface area contributed by atoms with E-state index in [4.69, 9.17) is 0 Å². The van der Waals surface area contributed by atoms with Gasteiger partial charge in [-0.05, 0) is 43.0 Å². The zero-order valence-corrected chi connectivity index (χ0v) is 16.9. The molecular formula is C22H25F3N4O2. The molecule has 2 aliphatic heterocycles. The molecule has 2 heterocycles. The Hall–Kier alpha value is -2.62. The van der Waals surface area contributed by atoms with Crippen LogP contribution in [0.15, 0.2) is 54.6 Å². The third-order valence-electron chi connectivity index (χ3n) is 5.72. The number of rotatable bonds is 5. The first kappa shape index (κ1) is 21.6. The summed E-state index contributed by atoms with van der Waals surface area (Å²) in [5.41, 5.74) is 8.11. The first-order valence-electron chi connectivity index (χ1n) is 10.3. The van der Waals surface area contributed by atoms with Crippen LogP contribution in [0.25, 0.3) is 0 Å². The van der Waals surface area contributed by atoms with E-state index in [9.17, 15) is 18.0 Å². The molecule has 31 heavy (non-hydrogen) atoms. The minimum atomic E-state index is -4.79. The van der Waals surface area contributed by atoms with Crippen LogP contribution < -0.4 is 20.9 Å². The number of carbonyl (C=O) groups is 1. The maximum atomic E-state index is 12.5. The van der Waals surface area contributed by atoms with Crippen molar-refractivity contribution in [2.24, 2.45) is 0 Å². The normalized spacial score (nSPS) is 22.9. The van der Waals surface area contributed by atoms with E-state index >= 15 is 0 Å². The number of hydrazine groups is 1. The number of amides is 1. The molecule has 2 fully saturated rings. The second-order valence-electron chi connectivity index (χ2n) is 7.86. The monoisotopic (exact) mass is 434 g/mol. The summed E-state index contributed by atoms with van der Waals surface area (Å²) in [4.78, 5) is 14.8. The molecule has 0 bridgehead atoms. The van der Waals surface area contributed by atoms with Crippen LogP contribution in [-0.4, -0.2) is 42.5 Å². The van der Waals surface area contributed by atoms with Crippen molar-refractivity contribution in [2.45, 2.75) is 43.9 Å². The Labute approximate surface area is 178 Å². The summed E-state index contributed by atoms with van der Waals surface area (Å²) in [7, 11) is 0. The number of halogens is 3. The third-order valence-corrected chi connectivity index (χ3v) is 5.72. The molecule has 4 rings (SSSR count). The van der Waals surface area contributed by atoms with Crippen LogP contribution in [0.1, 0.15) is 41.2 Å². The number of hydrogen-bond donors (Lipinski definition) is 3. The summed E-state index contributed by atoms with van der Waals surface area (Å²) < 4.78 is 41.1. The molecule has 2 atom stereocenters. The first-order chi connectivity index (χ1) is 14.9. The number of ether oxygens (including phenoxy) is 1. The van der Waals surface area contributed by atoms with Gasteiger partial charge in [0, 0.05) is 30.7 Å². The largest absolute Gasteiger partial charge is 0.573 e. The molecule has 1 amide bonds. The molecule has 0 spiro atoms. The molecule has 0 aromatic heterocycles. The lowest BCUT2D eigenvalue weighted by atomic mass is 10.0. The summed E-state index contributed by atoms with van der Waals surface area (Å²) in [6.45, 7) is 1.64. The molecule has 2 aromatic rings. The fourth-order valence-electron chi connectivity index (χ4n) is 4.14. The Morgan fingerprint density at radius 2 is 1.77 bits per heavy atom. The maximum absolute atomic E-state index is 12.5. The lowest BCUT2D eigenvalue weighted by molar-refractivity contribution is -0.274. The molecule has 6 nitrogen and oxygen atoms in total. The number of hydrogen-bond acceptors (Lipinski definition) is 5. The van der Waals surface area contributed by atoms with Gasteiger partial charge in [0.15, 0.2) is 0 Å². The lowest BCUT2D eigenvalue weighted by Gasteiger charge is -2.35. The van der Waals surface area contributed by atoms with Gasteiger partial charge in [0.25, 0.3) is 5.91 Å². The minimum Gasteiger partial charge on any atom is -0.406 e. The number of likely N-dealkylation sites (tertiary alicyclic amines) is 1. The first-order valence-corrected chi connectivity index (χ1v) is 10.3. The lowest BCUT2D eigenvalue weighted by Crippen LogP contribution is -2.51. The Kier molecular flexibility index (Phi) is 6.45. The number of benzene rings is 2. The molecule has 166 valence electrons. The van der Waals surface area contributed by atoms with Crippen molar-refractivity contribution >= 4 is 5.91 Å². The Morgan fingerprint density at radius 3 is 2.48 bits per heavy atom. The number of nitrogens with zero attached hydrogens (tertiary/aromatic N) is 1. The van der Waals surface area contributed by atoms with Crippen LogP contribution in [0, 0.1) is 0 Å². The second kappa shape index (κ2) is 9.25. The smallest absolute Gasteiger partial charge is 0.406 e. The van der Waals surface area contributed by atoms with Gasteiger partial charge < -0.3 is 10.1 Å². The van der Waals surface area contributed by atoms with Crippen LogP contribution in [0.3, 0.4) is 0 Å². The summed E-state index contributed by atoms with van der Waals surface area (Å²) in [5.74, 6) is -0.793. The van der Waals surface area contributed by atoms with Gasteiger partial charge in [-0.25, -0.2) is 10.9 Å². The minimum absolute atomic E-state index is 0.0183. The third kappa shape index (κ3) is 5.75. The van der Waals surface area contributed by atoms with Gasteiger partial charge in [-0.3, -0.25) is 9.69 Å². The van der Waals surface area contributed by atoms with Gasteiger partial charge in [0.05, 0.1) is 6.17 Å². The molecule has 2 aromatic carbocycles. The van der Waals surface area contributed by atoms with E-state index in [1.165, 1.54) is 23.8 Å². The average Bonchev–Trinajstić information content (AvgIpc) is 3.24. The van der Waals surface area contributed by atoms with Crippen molar-refractivity contribution in [3.8, 4) is 5.75 Å². The van der Waals surface area contributed by atoms with Crippen LogP contribution in [0.4, 0.5) is 13.2 Å². The van der Waals surface area contributed by atoms with Crippen LogP contribution >= 0.6 is 0 Å².